The lowest BCUT2D eigenvalue weighted by Gasteiger charge is -2.27. The third-order valence-electron chi connectivity index (χ3n) is 7.02. The highest BCUT2D eigenvalue weighted by Crippen LogP contribution is 2.27. The molecule has 9 nitrogen and oxygen atoms in total. The molecule has 4 aromatic rings. The number of hydrazine groups is 1. The van der Waals surface area contributed by atoms with Gasteiger partial charge in [0.2, 0.25) is 5.91 Å². The van der Waals surface area contributed by atoms with Crippen LogP contribution in [0, 0.1) is 5.92 Å². The van der Waals surface area contributed by atoms with Crippen LogP contribution in [0.4, 0.5) is 5.69 Å². The Balaban J connectivity index is 1.58. The Labute approximate surface area is 250 Å². The van der Waals surface area contributed by atoms with E-state index in [0.717, 1.165) is 27.3 Å². The normalized spacial score (nSPS) is 11.5. The molecule has 222 valence electrons. The molecule has 2 amide bonds. The van der Waals surface area contributed by atoms with Crippen molar-refractivity contribution in [3.8, 4) is 22.3 Å². The molecule has 0 saturated heterocycles. The van der Waals surface area contributed by atoms with Crippen molar-refractivity contribution in [1.29, 1.82) is 0 Å². The molecule has 2 N–H and O–H groups in total. The molecule has 0 spiro atoms. The van der Waals surface area contributed by atoms with Gasteiger partial charge in [-0.25, -0.2) is 9.80 Å². The third kappa shape index (κ3) is 7.97. The zero-order valence-corrected chi connectivity index (χ0v) is 24.4. The van der Waals surface area contributed by atoms with Crippen LogP contribution in [-0.2, 0) is 19.1 Å². The third-order valence-corrected chi connectivity index (χ3v) is 7.02. The number of amides is 2. The molecule has 4 rings (SSSR count). The summed E-state index contributed by atoms with van der Waals surface area (Å²) in [5, 5.41) is 10.8. The maximum absolute atomic E-state index is 13.6. The number of benzene rings is 3. The van der Waals surface area contributed by atoms with Crippen molar-refractivity contribution >= 4 is 29.4 Å². The van der Waals surface area contributed by atoms with Gasteiger partial charge in [0.05, 0.1) is 24.8 Å². The van der Waals surface area contributed by atoms with Crippen molar-refractivity contribution in [1.82, 2.24) is 9.99 Å². The molecule has 3 aromatic carbocycles. The van der Waals surface area contributed by atoms with Gasteiger partial charge in [0.15, 0.2) is 0 Å². The molecule has 0 radical (unpaired) electrons. The Morgan fingerprint density at radius 2 is 1.44 bits per heavy atom. The van der Waals surface area contributed by atoms with E-state index >= 15 is 0 Å². The zero-order chi connectivity index (χ0) is 30.9. The van der Waals surface area contributed by atoms with Gasteiger partial charge in [-0.15, -0.1) is 0 Å². The van der Waals surface area contributed by atoms with Crippen molar-refractivity contribution in [2.75, 3.05) is 12.1 Å². The van der Waals surface area contributed by atoms with Crippen LogP contribution in [0.15, 0.2) is 97.3 Å². The lowest BCUT2D eigenvalue weighted by molar-refractivity contribution is -0.140. The standard InChI is InChI=1S/C34H35N3O6/c1-23(2)9-18-31(38)37(29-16-14-27(15-17-29)34(42)43-3)35-33(41)30(21-32(39)40)36-20-19-28(22-36)26-12-10-25(11-13-26)24-7-5-4-6-8-24/h4-8,10-17,19-20,22-23,30H,9,18,21H2,1-3H3,(H,35,41)(H,39,40). The lowest BCUT2D eigenvalue weighted by atomic mass is 10.0. The molecule has 1 heterocycles. The molecule has 1 atom stereocenters. The summed E-state index contributed by atoms with van der Waals surface area (Å²) in [6.07, 6.45) is 3.63. The summed E-state index contributed by atoms with van der Waals surface area (Å²) in [6.45, 7) is 3.98. The van der Waals surface area contributed by atoms with E-state index in [1.54, 1.807) is 17.0 Å². The van der Waals surface area contributed by atoms with Crippen LogP contribution in [0.1, 0.15) is 49.5 Å². The molecule has 0 bridgehead atoms. The van der Waals surface area contributed by atoms with Gasteiger partial charge < -0.3 is 14.4 Å². The van der Waals surface area contributed by atoms with E-state index in [9.17, 15) is 24.3 Å². The highest BCUT2D eigenvalue weighted by Gasteiger charge is 2.28. The number of carboxylic acids is 1. The number of esters is 1. The SMILES string of the molecule is COC(=O)c1ccc(N(NC(=O)C(CC(=O)O)n2ccc(-c3ccc(-c4ccccc4)cc3)c2)C(=O)CCC(C)C)cc1. The highest BCUT2D eigenvalue weighted by molar-refractivity contribution is 5.98. The summed E-state index contributed by atoms with van der Waals surface area (Å²) in [5.41, 5.74) is 7.13. The Morgan fingerprint density at radius 3 is 2.02 bits per heavy atom. The van der Waals surface area contributed by atoms with E-state index in [4.69, 9.17) is 4.74 Å². The fourth-order valence-corrected chi connectivity index (χ4v) is 4.61. The van der Waals surface area contributed by atoms with Crippen molar-refractivity contribution in [2.45, 2.75) is 39.2 Å². The van der Waals surface area contributed by atoms with Gasteiger partial charge in [-0.05, 0) is 64.9 Å². The molecule has 9 heteroatoms. The number of hydrogen-bond donors (Lipinski definition) is 2. The van der Waals surface area contributed by atoms with Gasteiger partial charge in [0.25, 0.3) is 5.91 Å². The van der Waals surface area contributed by atoms with E-state index in [1.807, 2.05) is 74.5 Å². The first-order valence-electron chi connectivity index (χ1n) is 14.0. The number of rotatable bonds is 11. The van der Waals surface area contributed by atoms with Crippen LogP contribution >= 0.6 is 0 Å². The fraction of sp³-hybridized carbons (Fsp3) is 0.235. The number of anilines is 1. The molecular formula is C34H35N3O6. The molecule has 0 aliphatic carbocycles. The van der Waals surface area contributed by atoms with Crippen molar-refractivity contribution in [3.05, 3.63) is 103 Å². The van der Waals surface area contributed by atoms with E-state index in [1.165, 1.54) is 31.4 Å². The summed E-state index contributed by atoms with van der Waals surface area (Å²) in [4.78, 5) is 50.6. The maximum Gasteiger partial charge on any atom is 0.337 e. The van der Waals surface area contributed by atoms with Gasteiger partial charge in [0.1, 0.15) is 6.04 Å². The number of carboxylic acid groups (broad SMARTS) is 1. The number of aromatic nitrogens is 1. The molecule has 1 unspecified atom stereocenters. The second-order valence-corrected chi connectivity index (χ2v) is 10.6. The van der Waals surface area contributed by atoms with Crippen LogP contribution in [0.2, 0.25) is 0 Å². The quantitative estimate of drug-likeness (QED) is 0.163. The Morgan fingerprint density at radius 1 is 0.837 bits per heavy atom. The maximum atomic E-state index is 13.6. The van der Waals surface area contributed by atoms with E-state index in [-0.39, 0.29) is 23.8 Å². The number of nitrogens with zero attached hydrogens (tertiary/aromatic N) is 2. The predicted molar refractivity (Wildman–Crippen MR) is 164 cm³/mol. The van der Waals surface area contributed by atoms with Crippen molar-refractivity contribution in [2.24, 2.45) is 5.92 Å². The van der Waals surface area contributed by atoms with E-state index in [2.05, 4.69) is 5.43 Å². The summed E-state index contributed by atoms with van der Waals surface area (Å²) in [7, 11) is 1.27. The zero-order valence-electron chi connectivity index (χ0n) is 24.4. The van der Waals surface area contributed by atoms with Crippen LogP contribution in [0.5, 0.6) is 0 Å². The minimum Gasteiger partial charge on any atom is -0.481 e. The van der Waals surface area contributed by atoms with Crippen LogP contribution < -0.4 is 10.4 Å². The first kappa shape index (κ1) is 30.8. The molecule has 1 aromatic heterocycles. The van der Waals surface area contributed by atoms with Crippen LogP contribution in [-0.4, -0.2) is 40.5 Å². The smallest absolute Gasteiger partial charge is 0.337 e. The van der Waals surface area contributed by atoms with Crippen molar-refractivity contribution < 1.29 is 29.0 Å². The first-order chi connectivity index (χ1) is 20.7. The van der Waals surface area contributed by atoms with Crippen LogP contribution in [0.25, 0.3) is 22.3 Å². The molecule has 0 saturated carbocycles. The summed E-state index contributed by atoms with van der Waals surface area (Å²) in [6, 6.07) is 24.7. The van der Waals surface area contributed by atoms with Crippen molar-refractivity contribution in [3.63, 3.8) is 0 Å². The second kappa shape index (κ2) is 14.1. The molecular weight excluding hydrogens is 546 g/mol. The average molecular weight is 582 g/mol. The largest absolute Gasteiger partial charge is 0.481 e. The number of methoxy groups -OCH3 is 1. The van der Waals surface area contributed by atoms with E-state index in [0.29, 0.717) is 12.1 Å². The van der Waals surface area contributed by atoms with E-state index < -0.39 is 30.3 Å². The highest BCUT2D eigenvalue weighted by atomic mass is 16.5. The topological polar surface area (TPSA) is 118 Å². The van der Waals surface area contributed by atoms with Crippen LogP contribution in [0.3, 0.4) is 0 Å². The minimum absolute atomic E-state index is 0.160. The molecule has 0 fully saturated rings. The second-order valence-electron chi connectivity index (χ2n) is 10.6. The molecule has 0 aliphatic rings. The first-order valence-corrected chi connectivity index (χ1v) is 14.0. The van der Waals surface area contributed by atoms with Gasteiger partial charge in [-0.3, -0.25) is 19.8 Å². The predicted octanol–water partition coefficient (Wildman–Crippen LogP) is 6.13. The summed E-state index contributed by atoms with van der Waals surface area (Å²) < 4.78 is 6.29. The fourth-order valence-electron chi connectivity index (χ4n) is 4.61. The van der Waals surface area contributed by atoms with Gasteiger partial charge in [-0.1, -0.05) is 68.4 Å². The Hall–Kier alpha value is -5.18. The average Bonchev–Trinajstić information content (AvgIpc) is 3.51. The Kier molecular flexibility index (Phi) is 10.1. The summed E-state index contributed by atoms with van der Waals surface area (Å²) >= 11 is 0. The monoisotopic (exact) mass is 581 g/mol. The lowest BCUT2D eigenvalue weighted by Crippen LogP contribution is -2.49. The number of carbonyl (C=O) groups is 4. The molecule has 43 heavy (non-hydrogen) atoms. The number of hydrogen-bond acceptors (Lipinski definition) is 5. The molecule has 0 aliphatic heterocycles. The number of nitrogens with one attached hydrogen (secondary N) is 1. The minimum atomic E-state index is -1.16. The van der Waals surface area contributed by atoms with Gasteiger partial charge >= 0.3 is 11.9 Å². The number of carbonyl (C=O) groups excluding carboxylic acids is 3. The van der Waals surface area contributed by atoms with Gasteiger partial charge in [0, 0.05) is 18.8 Å². The van der Waals surface area contributed by atoms with Gasteiger partial charge in [-0.2, -0.15) is 0 Å². The number of ether oxygens (including phenoxy) is 1. The Bertz CT molecular complexity index is 1560. The summed E-state index contributed by atoms with van der Waals surface area (Å²) in [5.74, 6) is -2.48. The number of aliphatic carboxylic acids is 1.